The van der Waals surface area contributed by atoms with Gasteiger partial charge in [0.05, 0.1) is 26.9 Å². The van der Waals surface area contributed by atoms with Crippen LogP contribution in [-0.4, -0.2) is 53.6 Å². The van der Waals surface area contributed by atoms with Crippen molar-refractivity contribution in [1.82, 2.24) is 4.90 Å². The number of carbonyl (C=O) groups is 3. The molecule has 0 aliphatic carbocycles. The van der Waals surface area contributed by atoms with E-state index in [1.165, 1.54) is 25.8 Å². The molecule has 1 unspecified atom stereocenters. The molecule has 0 radical (unpaired) electrons. The third kappa shape index (κ3) is 1.52. The zero-order valence-electron chi connectivity index (χ0n) is 10.1. The fourth-order valence-corrected chi connectivity index (χ4v) is 3.02. The fourth-order valence-electron chi connectivity index (χ4n) is 1.85. The Balaban J connectivity index is 2.54. The first-order valence-corrected chi connectivity index (χ1v) is 5.89. The van der Waals surface area contributed by atoms with Gasteiger partial charge in [0.15, 0.2) is 11.0 Å². The lowest BCUT2D eigenvalue weighted by molar-refractivity contribution is -0.403. The number of hydrogen-bond acceptors (Lipinski definition) is 6. The quantitative estimate of drug-likeness (QED) is 0.501. The highest BCUT2D eigenvalue weighted by molar-refractivity contribution is 8.18. The second kappa shape index (κ2) is 4.13. The van der Waals surface area contributed by atoms with Crippen LogP contribution < -0.4 is 5.73 Å². The molecule has 0 bridgehead atoms. The Morgan fingerprint density at radius 2 is 2.11 bits per heavy atom. The monoisotopic (exact) mass is 270 g/mol. The first kappa shape index (κ1) is 12.6. The number of fused-ring (bicyclic) bond motifs is 1. The number of amides is 3. The Hall–Kier alpha value is -1.83. The summed E-state index contributed by atoms with van der Waals surface area (Å²) in [6.45, 7) is 0. The summed E-state index contributed by atoms with van der Waals surface area (Å²) in [6, 6.07) is -0.447. The molecule has 2 aliphatic heterocycles. The molecule has 0 saturated heterocycles. The van der Waals surface area contributed by atoms with Gasteiger partial charge in [-0.3, -0.25) is 0 Å². The Morgan fingerprint density at radius 3 is 2.67 bits per heavy atom. The van der Waals surface area contributed by atoms with Gasteiger partial charge in [-0.15, -0.1) is 0 Å². The molecule has 2 rings (SSSR count). The van der Waals surface area contributed by atoms with Crippen molar-refractivity contribution in [1.29, 1.82) is 0 Å². The third-order valence-corrected chi connectivity index (χ3v) is 4.20. The van der Waals surface area contributed by atoms with Crippen molar-refractivity contribution in [2.45, 2.75) is 0 Å². The summed E-state index contributed by atoms with van der Waals surface area (Å²) in [7, 11) is 4.15. The lowest BCUT2D eigenvalue weighted by Gasteiger charge is -2.20. The normalized spacial score (nSPS) is 23.7. The van der Waals surface area contributed by atoms with Gasteiger partial charge in [-0.2, -0.15) is 14.3 Å². The van der Waals surface area contributed by atoms with Crippen LogP contribution in [-0.2, 0) is 14.3 Å². The minimum absolute atomic E-state index is 0.137. The van der Waals surface area contributed by atoms with Crippen molar-refractivity contribution >= 4 is 34.7 Å². The lowest BCUT2D eigenvalue weighted by Crippen LogP contribution is -2.51. The topological polar surface area (TPSA) is 92.7 Å². The van der Waals surface area contributed by atoms with E-state index in [0.29, 0.717) is 5.04 Å². The molecule has 2 aliphatic rings. The standard InChI is InChI=1S/C10H11N3O4S/c1-12-7(14)4-5(11)6(9(15)17-3)18-8(4)13(2)10(12)16/h4H,1-3H3,(H-,11,15)/p+1. The molecule has 3 amide bonds. The maximum Gasteiger partial charge on any atom is 0.500 e. The van der Waals surface area contributed by atoms with Crippen LogP contribution in [0.1, 0.15) is 0 Å². The van der Waals surface area contributed by atoms with Crippen LogP contribution in [0.2, 0.25) is 0 Å². The smallest absolute Gasteiger partial charge is 0.465 e. The van der Waals surface area contributed by atoms with E-state index in [1.807, 2.05) is 0 Å². The number of carbonyl (C=O) groups excluding carboxylic acids is 3. The SMILES string of the molecule is COC(=O)C1=C(N)C2C(=O)N(C)C(=O)[N+](C)=C2S1. The van der Waals surface area contributed by atoms with E-state index in [-0.39, 0.29) is 10.6 Å². The average molecular weight is 270 g/mol. The average Bonchev–Trinajstić information content (AvgIpc) is 2.71. The number of methoxy groups -OCH3 is 1. The van der Waals surface area contributed by atoms with Crippen molar-refractivity contribution in [2.75, 3.05) is 21.2 Å². The highest BCUT2D eigenvalue weighted by Crippen LogP contribution is 2.38. The summed E-state index contributed by atoms with van der Waals surface area (Å²) in [6.07, 6.45) is 0. The van der Waals surface area contributed by atoms with Crippen LogP contribution in [0.5, 0.6) is 0 Å². The zero-order valence-corrected chi connectivity index (χ0v) is 10.9. The van der Waals surface area contributed by atoms with Crippen molar-refractivity contribution in [3.63, 3.8) is 0 Å². The molecule has 0 aromatic rings. The molecule has 0 aromatic heterocycles. The van der Waals surface area contributed by atoms with E-state index in [1.54, 1.807) is 0 Å². The first-order valence-electron chi connectivity index (χ1n) is 5.08. The van der Waals surface area contributed by atoms with Crippen LogP contribution in [0.15, 0.2) is 10.6 Å². The van der Waals surface area contributed by atoms with Crippen LogP contribution in [0, 0.1) is 5.92 Å². The van der Waals surface area contributed by atoms with Gasteiger partial charge in [0.1, 0.15) is 4.91 Å². The number of esters is 1. The Morgan fingerprint density at radius 1 is 1.50 bits per heavy atom. The Kier molecular flexibility index (Phi) is 2.89. The number of rotatable bonds is 1. The summed E-state index contributed by atoms with van der Waals surface area (Å²) in [5.74, 6) is -1.80. The summed E-state index contributed by atoms with van der Waals surface area (Å²) >= 11 is 1.01. The number of thioether (sulfide) groups is 1. The Labute approximate surface area is 107 Å². The molecule has 0 saturated carbocycles. The molecule has 0 fully saturated rings. The van der Waals surface area contributed by atoms with E-state index in [4.69, 9.17) is 5.73 Å². The third-order valence-electron chi connectivity index (χ3n) is 2.88. The minimum Gasteiger partial charge on any atom is -0.465 e. The summed E-state index contributed by atoms with van der Waals surface area (Å²) in [5, 5.41) is 0.445. The molecule has 1 atom stereocenters. The molecule has 0 aromatic carbocycles. The van der Waals surface area contributed by atoms with Gasteiger partial charge in [0.2, 0.25) is 0 Å². The molecule has 8 heteroatoms. The molecule has 7 nitrogen and oxygen atoms in total. The Bertz CT molecular complexity index is 537. The second-order valence-electron chi connectivity index (χ2n) is 3.89. The number of urea groups is 1. The van der Waals surface area contributed by atoms with E-state index >= 15 is 0 Å². The van der Waals surface area contributed by atoms with E-state index in [2.05, 4.69) is 4.74 Å². The van der Waals surface area contributed by atoms with Crippen LogP contribution >= 0.6 is 11.8 Å². The van der Waals surface area contributed by atoms with Gasteiger partial charge >= 0.3 is 17.9 Å². The van der Waals surface area contributed by atoms with Gasteiger partial charge in [-0.25, -0.2) is 9.59 Å². The molecular weight excluding hydrogens is 258 g/mol. The van der Waals surface area contributed by atoms with Crippen molar-refractivity contribution in [3.8, 4) is 0 Å². The molecular formula is C10H12N3O4S+. The number of ether oxygens (including phenoxy) is 1. The fraction of sp³-hybridized carbons (Fsp3) is 0.400. The van der Waals surface area contributed by atoms with Crippen molar-refractivity contribution < 1.29 is 23.7 Å². The first-order chi connectivity index (χ1) is 8.40. The predicted molar refractivity (Wildman–Crippen MR) is 63.7 cm³/mol. The van der Waals surface area contributed by atoms with E-state index in [0.717, 1.165) is 16.7 Å². The number of nitrogens with two attached hydrogens (primary N) is 1. The highest BCUT2D eigenvalue weighted by atomic mass is 32.2. The van der Waals surface area contributed by atoms with Gasteiger partial charge in [-0.1, -0.05) is 0 Å². The van der Waals surface area contributed by atoms with Gasteiger partial charge in [0, 0.05) is 0 Å². The van der Waals surface area contributed by atoms with Crippen LogP contribution in [0.25, 0.3) is 0 Å². The van der Waals surface area contributed by atoms with E-state index < -0.39 is 23.8 Å². The summed E-state index contributed by atoms with van der Waals surface area (Å²) in [4.78, 5) is 36.4. The lowest BCUT2D eigenvalue weighted by atomic mass is 10.0. The minimum atomic E-state index is -0.767. The largest absolute Gasteiger partial charge is 0.500 e. The number of nitrogens with zero attached hydrogens (tertiary/aromatic N) is 2. The van der Waals surface area contributed by atoms with Gasteiger partial charge < -0.3 is 10.5 Å². The van der Waals surface area contributed by atoms with Crippen LogP contribution in [0.3, 0.4) is 0 Å². The maximum atomic E-state index is 12.0. The van der Waals surface area contributed by atoms with Gasteiger partial charge in [0.25, 0.3) is 0 Å². The molecule has 2 heterocycles. The number of imide groups is 1. The molecule has 18 heavy (non-hydrogen) atoms. The maximum absolute atomic E-state index is 12.0. The van der Waals surface area contributed by atoms with Crippen molar-refractivity contribution in [3.05, 3.63) is 10.6 Å². The summed E-state index contributed by atoms with van der Waals surface area (Å²) in [5.41, 5.74) is 5.96. The number of hydrogen-bond donors (Lipinski definition) is 1. The van der Waals surface area contributed by atoms with Gasteiger partial charge in [-0.05, 0) is 11.8 Å². The van der Waals surface area contributed by atoms with E-state index in [9.17, 15) is 14.4 Å². The second-order valence-corrected chi connectivity index (χ2v) is 4.92. The molecule has 2 N–H and O–H groups in total. The molecule has 0 spiro atoms. The summed E-state index contributed by atoms with van der Waals surface area (Å²) < 4.78 is 5.91. The highest BCUT2D eigenvalue weighted by Gasteiger charge is 2.52. The zero-order chi connectivity index (χ0) is 13.6. The van der Waals surface area contributed by atoms with Crippen molar-refractivity contribution in [2.24, 2.45) is 11.7 Å². The predicted octanol–water partition coefficient (Wildman–Crippen LogP) is -0.674. The molecule has 96 valence electrons. The van der Waals surface area contributed by atoms with Crippen LogP contribution in [0.4, 0.5) is 4.79 Å².